The van der Waals surface area contributed by atoms with E-state index in [9.17, 15) is 0 Å². The van der Waals surface area contributed by atoms with Crippen molar-refractivity contribution >= 4 is 46.7 Å². The molecule has 0 aliphatic rings. The van der Waals surface area contributed by atoms with Gasteiger partial charge in [0.05, 0.1) is 6.21 Å². The van der Waals surface area contributed by atoms with Gasteiger partial charge >= 0.3 is 0 Å². The van der Waals surface area contributed by atoms with Gasteiger partial charge in [-0.25, -0.2) is 0 Å². The SMILES string of the molecule is CNC(=S)N/N=C\c1cccc(OCc2ccc(Cl)cc2Cl)c1. The van der Waals surface area contributed by atoms with E-state index in [2.05, 4.69) is 15.8 Å². The van der Waals surface area contributed by atoms with Crippen molar-refractivity contribution < 1.29 is 4.74 Å². The summed E-state index contributed by atoms with van der Waals surface area (Å²) in [7, 11) is 1.72. The predicted octanol–water partition coefficient (Wildman–Crippen LogP) is 4.00. The number of hydrazone groups is 1. The molecule has 2 N–H and O–H groups in total. The Morgan fingerprint density at radius 2 is 2.09 bits per heavy atom. The van der Waals surface area contributed by atoms with E-state index in [4.69, 9.17) is 40.2 Å². The summed E-state index contributed by atoms with van der Waals surface area (Å²) in [6.07, 6.45) is 1.66. The highest BCUT2D eigenvalue weighted by Crippen LogP contribution is 2.22. The fourth-order valence-electron chi connectivity index (χ4n) is 1.71. The Balaban J connectivity index is 1.98. The van der Waals surface area contributed by atoms with Crippen LogP contribution in [0.15, 0.2) is 47.6 Å². The summed E-state index contributed by atoms with van der Waals surface area (Å²) in [5.74, 6) is 0.719. The smallest absolute Gasteiger partial charge is 0.186 e. The Morgan fingerprint density at radius 3 is 2.83 bits per heavy atom. The van der Waals surface area contributed by atoms with Gasteiger partial charge in [0, 0.05) is 22.7 Å². The summed E-state index contributed by atoms with van der Waals surface area (Å²) < 4.78 is 5.75. The van der Waals surface area contributed by atoms with Crippen LogP contribution in [0.25, 0.3) is 0 Å². The van der Waals surface area contributed by atoms with E-state index in [1.54, 1.807) is 25.4 Å². The first-order chi connectivity index (χ1) is 11.1. The molecule has 0 unspecified atom stereocenters. The van der Waals surface area contributed by atoms with Gasteiger partial charge in [-0.3, -0.25) is 5.43 Å². The molecule has 0 fully saturated rings. The maximum atomic E-state index is 6.13. The van der Waals surface area contributed by atoms with Crippen LogP contribution >= 0.6 is 35.4 Å². The molecule has 0 saturated heterocycles. The zero-order chi connectivity index (χ0) is 16.7. The number of thiocarbonyl (C=S) groups is 1. The molecule has 0 atom stereocenters. The van der Waals surface area contributed by atoms with Crippen molar-refractivity contribution in [2.24, 2.45) is 5.10 Å². The number of nitrogens with one attached hydrogen (secondary N) is 2. The van der Waals surface area contributed by atoms with Crippen LogP contribution in [0.1, 0.15) is 11.1 Å². The minimum atomic E-state index is 0.360. The third-order valence-electron chi connectivity index (χ3n) is 2.87. The van der Waals surface area contributed by atoms with Crippen molar-refractivity contribution in [3.8, 4) is 5.75 Å². The summed E-state index contributed by atoms with van der Waals surface area (Å²) in [5, 5.41) is 8.43. The second kappa shape index (κ2) is 8.72. The molecular weight excluding hydrogens is 353 g/mol. The average molecular weight is 368 g/mol. The van der Waals surface area contributed by atoms with Gasteiger partial charge in [-0.2, -0.15) is 5.10 Å². The molecule has 2 aromatic carbocycles. The molecule has 0 spiro atoms. The molecule has 0 saturated carbocycles. The van der Waals surface area contributed by atoms with Crippen molar-refractivity contribution in [3.05, 3.63) is 63.6 Å². The Labute approximate surface area is 150 Å². The third-order valence-corrected chi connectivity index (χ3v) is 3.76. The molecule has 0 aliphatic carbocycles. The summed E-state index contributed by atoms with van der Waals surface area (Å²) in [6.45, 7) is 0.360. The maximum Gasteiger partial charge on any atom is 0.186 e. The summed E-state index contributed by atoms with van der Waals surface area (Å²) in [6, 6.07) is 12.9. The van der Waals surface area contributed by atoms with Gasteiger partial charge in [0.15, 0.2) is 5.11 Å². The van der Waals surface area contributed by atoms with Gasteiger partial charge in [-0.1, -0.05) is 41.4 Å². The van der Waals surface area contributed by atoms with Crippen LogP contribution in [-0.4, -0.2) is 18.4 Å². The first kappa shape index (κ1) is 17.5. The lowest BCUT2D eigenvalue weighted by atomic mass is 10.2. The molecule has 2 aromatic rings. The standard InChI is InChI=1S/C16H15Cl2N3OS/c1-19-16(23)21-20-9-11-3-2-4-14(7-11)22-10-12-5-6-13(17)8-15(12)18/h2-9H,10H2,1H3,(H2,19,21,23)/b20-9-. The largest absolute Gasteiger partial charge is 0.489 e. The lowest BCUT2D eigenvalue weighted by Gasteiger charge is -2.08. The van der Waals surface area contributed by atoms with E-state index in [0.717, 1.165) is 16.9 Å². The average Bonchev–Trinajstić information content (AvgIpc) is 2.54. The van der Waals surface area contributed by atoms with E-state index in [1.165, 1.54) is 0 Å². The summed E-state index contributed by atoms with van der Waals surface area (Å²) in [5.41, 5.74) is 4.45. The highest BCUT2D eigenvalue weighted by atomic mass is 35.5. The maximum absolute atomic E-state index is 6.13. The van der Waals surface area contributed by atoms with E-state index in [-0.39, 0.29) is 0 Å². The van der Waals surface area contributed by atoms with Gasteiger partial charge < -0.3 is 10.1 Å². The molecule has 2 rings (SSSR count). The van der Waals surface area contributed by atoms with Crippen LogP contribution in [0.5, 0.6) is 5.75 Å². The second-order valence-corrected chi connectivity index (χ2v) is 5.80. The van der Waals surface area contributed by atoms with Crippen LogP contribution < -0.4 is 15.5 Å². The first-order valence-electron chi connectivity index (χ1n) is 6.76. The van der Waals surface area contributed by atoms with E-state index >= 15 is 0 Å². The molecular formula is C16H15Cl2N3OS. The van der Waals surface area contributed by atoms with Crippen LogP contribution in [0.4, 0.5) is 0 Å². The second-order valence-electron chi connectivity index (χ2n) is 4.55. The van der Waals surface area contributed by atoms with Crippen molar-refractivity contribution in [2.75, 3.05) is 7.05 Å². The minimum absolute atomic E-state index is 0.360. The summed E-state index contributed by atoms with van der Waals surface area (Å²) >= 11 is 16.9. The first-order valence-corrected chi connectivity index (χ1v) is 7.92. The Kier molecular flexibility index (Phi) is 6.65. The Hall–Kier alpha value is -1.82. The molecule has 0 radical (unpaired) electrons. The van der Waals surface area contributed by atoms with Crippen molar-refractivity contribution in [3.63, 3.8) is 0 Å². The highest BCUT2D eigenvalue weighted by molar-refractivity contribution is 7.80. The molecule has 23 heavy (non-hydrogen) atoms. The Morgan fingerprint density at radius 1 is 1.26 bits per heavy atom. The zero-order valence-electron chi connectivity index (χ0n) is 12.3. The van der Waals surface area contributed by atoms with E-state index in [0.29, 0.717) is 21.8 Å². The number of nitrogens with zero attached hydrogens (tertiary/aromatic N) is 1. The third kappa shape index (κ3) is 5.71. The van der Waals surface area contributed by atoms with Crippen LogP contribution in [0.2, 0.25) is 10.0 Å². The van der Waals surface area contributed by atoms with Gasteiger partial charge in [-0.15, -0.1) is 0 Å². The molecule has 0 aromatic heterocycles. The van der Waals surface area contributed by atoms with Gasteiger partial charge in [0.25, 0.3) is 0 Å². The topological polar surface area (TPSA) is 45.7 Å². The van der Waals surface area contributed by atoms with Gasteiger partial charge in [0.2, 0.25) is 0 Å². The number of hydrogen-bond donors (Lipinski definition) is 2. The normalized spacial score (nSPS) is 10.6. The predicted molar refractivity (Wildman–Crippen MR) is 99.6 cm³/mol. The van der Waals surface area contributed by atoms with Gasteiger partial charge in [0.1, 0.15) is 12.4 Å². The van der Waals surface area contributed by atoms with Crippen LogP contribution in [0.3, 0.4) is 0 Å². The fraction of sp³-hybridized carbons (Fsp3) is 0.125. The number of benzene rings is 2. The highest BCUT2D eigenvalue weighted by Gasteiger charge is 2.03. The van der Waals surface area contributed by atoms with E-state index < -0.39 is 0 Å². The van der Waals surface area contributed by atoms with Gasteiger partial charge in [-0.05, 0) is 42.0 Å². The minimum Gasteiger partial charge on any atom is -0.489 e. The molecule has 0 heterocycles. The molecule has 0 aliphatic heterocycles. The molecule has 120 valence electrons. The van der Waals surface area contributed by atoms with Crippen LogP contribution in [0, 0.1) is 0 Å². The fourth-order valence-corrected chi connectivity index (χ4v) is 2.22. The lowest BCUT2D eigenvalue weighted by Crippen LogP contribution is -2.28. The number of hydrogen-bond acceptors (Lipinski definition) is 3. The molecule has 0 amide bonds. The van der Waals surface area contributed by atoms with Crippen molar-refractivity contribution in [1.29, 1.82) is 0 Å². The number of halogens is 2. The molecule has 0 bridgehead atoms. The Bertz CT molecular complexity index is 722. The van der Waals surface area contributed by atoms with E-state index in [1.807, 2.05) is 30.3 Å². The summed E-state index contributed by atoms with van der Waals surface area (Å²) in [4.78, 5) is 0. The zero-order valence-corrected chi connectivity index (χ0v) is 14.7. The van der Waals surface area contributed by atoms with Crippen molar-refractivity contribution in [1.82, 2.24) is 10.7 Å². The van der Waals surface area contributed by atoms with Crippen molar-refractivity contribution in [2.45, 2.75) is 6.61 Å². The number of rotatable bonds is 5. The lowest BCUT2D eigenvalue weighted by molar-refractivity contribution is 0.306. The van der Waals surface area contributed by atoms with Crippen LogP contribution in [-0.2, 0) is 6.61 Å². The molecule has 4 nitrogen and oxygen atoms in total. The molecule has 7 heteroatoms. The number of ether oxygens (including phenoxy) is 1. The quantitative estimate of drug-likeness (QED) is 0.476. The monoisotopic (exact) mass is 367 g/mol.